The molecule has 0 spiro atoms. The predicted octanol–water partition coefficient (Wildman–Crippen LogP) is 4.52. The van der Waals surface area contributed by atoms with Crippen LogP contribution in [0.4, 0.5) is 5.82 Å². The molecule has 1 aromatic carbocycles. The normalized spacial score (nSPS) is 10.5. The van der Waals surface area contributed by atoms with Gasteiger partial charge >= 0.3 is 0 Å². The Kier molecular flexibility index (Phi) is 3.98. The average Bonchev–Trinajstić information content (AvgIpc) is 3.03. The molecule has 0 saturated carbocycles. The van der Waals surface area contributed by atoms with Crippen LogP contribution in [0.15, 0.2) is 47.2 Å². The maximum atomic E-state index is 4.74. The van der Waals surface area contributed by atoms with Crippen molar-refractivity contribution < 1.29 is 0 Å². The van der Waals surface area contributed by atoms with E-state index in [1.54, 1.807) is 11.3 Å². The van der Waals surface area contributed by atoms with Gasteiger partial charge in [0.1, 0.15) is 5.82 Å². The van der Waals surface area contributed by atoms with Gasteiger partial charge in [0.25, 0.3) is 0 Å². The van der Waals surface area contributed by atoms with Gasteiger partial charge < -0.3 is 5.32 Å². The highest BCUT2D eigenvalue weighted by Crippen LogP contribution is 2.30. The minimum Gasteiger partial charge on any atom is -0.372 e. The lowest BCUT2D eigenvalue weighted by Gasteiger charge is -2.10. The third-order valence-corrected chi connectivity index (χ3v) is 4.62. The van der Waals surface area contributed by atoms with Gasteiger partial charge in [0, 0.05) is 23.6 Å². The molecule has 20 heavy (non-hydrogen) atoms. The van der Waals surface area contributed by atoms with Gasteiger partial charge in [-0.25, -0.2) is 9.97 Å². The van der Waals surface area contributed by atoms with Crippen molar-refractivity contribution in [1.29, 1.82) is 0 Å². The Labute approximate surface area is 135 Å². The number of hydrogen-bond donors (Lipinski definition) is 1. The van der Waals surface area contributed by atoms with Crippen molar-refractivity contribution in [3.05, 3.63) is 50.7 Å². The molecule has 0 aliphatic carbocycles. The third-order valence-electron chi connectivity index (χ3n) is 2.91. The Morgan fingerprint density at radius 2 is 1.85 bits per heavy atom. The van der Waals surface area contributed by atoms with E-state index in [2.05, 4.69) is 50.4 Å². The van der Waals surface area contributed by atoms with E-state index in [9.17, 15) is 0 Å². The van der Waals surface area contributed by atoms with Crippen molar-refractivity contribution in [2.24, 2.45) is 0 Å². The van der Waals surface area contributed by atoms with Gasteiger partial charge in [-0.2, -0.15) is 11.3 Å². The Bertz CT molecular complexity index is 711. The Balaban J connectivity index is 2.21. The second-order valence-electron chi connectivity index (χ2n) is 4.19. The number of anilines is 1. The van der Waals surface area contributed by atoms with Crippen LogP contribution in [0, 0.1) is 3.57 Å². The highest BCUT2D eigenvalue weighted by molar-refractivity contribution is 14.1. The largest absolute Gasteiger partial charge is 0.372 e. The van der Waals surface area contributed by atoms with Crippen molar-refractivity contribution in [1.82, 2.24) is 9.97 Å². The number of hydrogen-bond acceptors (Lipinski definition) is 4. The van der Waals surface area contributed by atoms with Gasteiger partial charge in [-0.05, 0) is 34.0 Å². The number of nitrogens with one attached hydrogen (secondary N) is 1. The zero-order valence-electron chi connectivity index (χ0n) is 10.8. The first-order valence-electron chi connectivity index (χ1n) is 6.13. The third kappa shape index (κ3) is 2.55. The summed E-state index contributed by atoms with van der Waals surface area (Å²) in [5.41, 5.74) is 3.12. The number of thiophene rings is 1. The number of rotatable bonds is 3. The van der Waals surface area contributed by atoms with E-state index in [-0.39, 0.29) is 0 Å². The van der Waals surface area contributed by atoms with Crippen molar-refractivity contribution in [3.63, 3.8) is 0 Å². The van der Waals surface area contributed by atoms with Gasteiger partial charge in [-0.1, -0.05) is 30.3 Å². The Morgan fingerprint density at radius 3 is 2.50 bits per heavy atom. The first-order valence-corrected chi connectivity index (χ1v) is 8.15. The second kappa shape index (κ2) is 5.88. The van der Waals surface area contributed by atoms with E-state index in [1.165, 1.54) is 0 Å². The zero-order valence-corrected chi connectivity index (χ0v) is 13.8. The van der Waals surface area contributed by atoms with E-state index in [0.29, 0.717) is 0 Å². The van der Waals surface area contributed by atoms with Crippen LogP contribution < -0.4 is 5.32 Å². The molecule has 0 fully saturated rings. The molecule has 100 valence electrons. The van der Waals surface area contributed by atoms with Crippen molar-refractivity contribution in [3.8, 4) is 22.6 Å². The molecule has 5 heteroatoms. The van der Waals surface area contributed by atoms with Gasteiger partial charge in [0.2, 0.25) is 0 Å². The number of benzene rings is 1. The SMILES string of the molecule is CNc1nc(-c2ccsc2)nc(-c2ccccc2)c1I. The van der Waals surface area contributed by atoms with Crippen molar-refractivity contribution in [2.75, 3.05) is 12.4 Å². The highest BCUT2D eigenvalue weighted by Gasteiger charge is 2.14. The molecule has 0 amide bonds. The monoisotopic (exact) mass is 393 g/mol. The van der Waals surface area contributed by atoms with E-state index in [0.717, 1.165) is 32.0 Å². The van der Waals surface area contributed by atoms with Crippen LogP contribution in [0.2, 0.25) is 0 Å². The average molecular weight is 393 g/mol. The van der Waals surface area contributed by atoms with Crippen molar-refractivity contribution >= 4 is 39.7 Å². The maximum Gasteiger partial charge on any atom is 0.163 e. The lowest BCUT2D eigenvalue weighted by molar-refractivity contribution is 1.16. The molecule has 0 aliphatic heterocycles. The predicted molar refractivity (Wildman–Crippen MR) is 93.0 cm³/mol. The number of nitrogens with zero attached hydrogens (tertiary/aromatic N) is 2. The van der Waals surface area contributed by atoms with E-state index < -0.39 is 0 Å². The molecule has 0 bridgehead atoms. The molecule has 0 saturated heterocycles. The molecule has 3 rings (SSSR count). The molecule has 0 unspecified atom stereocenters. The fraction of sp³-hybridized carbons (Fsp3) is 0.0667. The number of halogens is 1. The van der Waals surface area contributed by atoms with Gasteiger partial charge in [0.05, 0.1) is 9.26 Å². The van der Waals surface area contributed by atoms with Gasteiger partial charge in [0.15, 0.2) is 5.82 Å². The minimum atomic E-state index is 0.759. The quantitative estimate of drug-likeness (QED) is 0.665. The lowest BCUT2D eigenvalue weighted by Crippen LogP contribution is -2.02. The summed E-state index contributed by atoms with van der Waals surface area (Å²) in [4.78, 5) is 9.34. The number of aromatic nitrogens is 2. The van der Waals surface area contributed by atoms with E-state index in [4.69, 9.17) is 4.98 Å². The fourth-order valence-corrected chi connectivity index (χ4v) is 3.38. The van der Waals surface area contributed by atoms with Crippen LogP contribution >= 0.6 is 33.9 Å². The molecule has 3 aromatic rings. The summed E-state index contributed by atoms with van der Waals surface area (Å²) < 4.78 is 1.04. The first-order chi connectivity index (χ1) is 9.79. The molecule has 3 nitrogen and oxygen atoms in total. The summed E-state index contributed by atoms with van der Waals surface area (Å²) >= 11 is 3.95. The standard InChI is InChI=1S/C15H12IN3S/c1-17-15-12(16)13(10-5-3-2-4-6-10)18-14(19-15)11-7-8-20-9-11/h2-9H,1H3,(H,17,18,19). The van der Waals surface area contributed by atoms with Gasteiger partial charge in [-0.3, -0.25) is 0 Å². The highest BCUT2D eigenvalue weighted by atomic mass is 127. The fourth-order valence-electron chi connectivity index (χ4n) is 1.92. The molecule has 2 heterocycles. The van der Waals surface area contributed by atoms with Gasteiger partial charge in [-0.15, -0.1) is 0 Å². The summed E-state index contributed by atoms with van der Waals surface area (Å²) in [6, 6.07) is 12.2. The summed E-state index contributed by atoms with van der Waals surface area (Å²) in [6.07, 6.45) is 0. The van der Waals surface area contributed by atoms with Crippen LogP contribution in [0.5, 0.6) is 0 Å². The van der Waals surface area contributed by atoms with Crippen LogP contribution in [0.3, 0.4) is 0 Å². The van der Waals surface area contributed by atoms with E-state index in [1.807, 2.05) is 36.7 Å². The molecule has 1 N–H and O–H groups in total. The lowest BCUT2D eigenvalue weighted by atomic mass is 10.1. The second-order valence-corrected chi connectivity index (χ2v) is 6.05. The first kappa shape index (κ1) is 13.5. The van der Waals surface area contributed by atoms with Crippen LogP contribution in [-0.4, -0.2) is 17.0 Å². The maximum absolute atomic E-state index is 4.74. The minimum absolute atomic E-state index is 0.759. The van der Waals surface area contributed by atoms with Crippen molar-refractivity contribution in [2.45, 2.75) is 0 Å². The summed E-state index contributed by atoms with van der Waals surface area (Å²) in [5.74, 6) is 1.62. The Morgan fingerprint density at radius 1 is 1.05 bits per heavy atom. The van der Waals surface area contributed by atoms with Crippen LogP contribution in [-0.2, 0) is 0 Å². The molecule has 2 aromatic heterocycles. The van der Waals surface area contributed by atoms with Crippen LogP contribution in [0.25, 0.3) is 22.6 Å². The topological polar surface area (TPSA) is 37.8 Å². The van der Waals surface area contributed by atoms with Crippen LogP contribution in [0.1, 0.15) is 0 Å². The molecular formula is C15H12IN3S. The zero-order chi connectivity index (χ0) is 13.9. The molecular weight excluding hydrogens is 381 g/mol. The molecule has 0 atom stereocenters. The Hall–Kier alpha value is -1.47. The summed E-state index contributed by atoms with van der Waals surface area (Å²) in [6.45, 7) is 0. The molecule has 0 aliphatic rings. The smallest absolute Gasteiger partial charge is 0.163 e. The summed E-state index contributed by atoms with van der Waals surface area (Å²) in [7, 11) is 1.89. The summed E-state index contributed by atoms with van der Waals surface area (Å²) in [5, 5.41) is 7.26. The molecule has 0 radical (unpaired) electrons. The van der Waals surface area contributed by atoms with E-state index >= 15 is 0 Å².